The summed E-state index contributed by atoms with van der Waals surface area (Å²) >= 11 is 3.43. The summed E-state index contributed by atoms with van der Waals surface area (Å²) in [5.74, 6) is -2.52. The number of hydrogen-bond donors (Lipinski definition) is 7. The topological polar surface area (TPSA) is 336 Å². The van der Waals surface area contributed by atoms with E-state index in [1.54, 1.807) is 89.7 Å². The van der Waals surface area contributed by atoms with Crippen LogP contribution in [-0.2, 0) is 63.0 Å². The van der Waals surface area contributed by atoms with Crippen molar-refractivity contribution in [2.45, 2.75) is 121 Å². The summed E-state index contributed by atoms with van der Waals surface area (Å²) in [4.78, 5) is 107. The predicted octanol–water partition coefficient (Wildman–Crippen LogP) is 21.1. The maximum Gasteiger partial charge on any atom is 0.416 e. The Kier molecular flexibility index (Phi) is 33.2. The Morgan fingerprint density at radius 2 is 0.761 bits per heavy atom. The lowest BCUT2D eigenvalue weighted by Crippen LogP contribution is -2.29. The van der Waals surface area contributed by atoms with Gasteiger partial charge in [-0.05, 0) is 255 Å². The molecule has 8 heterocycles. The summed E-state index contributed by atoms with van der Waals surface area (Å²) in [6.45, 7) is 5.52. The normalized spacial score (nSPS) is 13.3. The van der Waals surface area contributed by atoms with Crippen molar-refractivity contribution >= 4 is 85.5 Å². The number of carbonyl (C=O) groups is 6. The number of nitrogens with one attached hydrogen (secondary N) is 6. The number of halogens is 10. The highest BCUT2D eigenvalue weighted by Crippen LogP contribution is 2.40. The number of carbonyl (C=O) groups excluding carboxylic acids is 6. The maximum absolute atomic E-state index is 13.6. The highest BCUT2D eigenvalue weighted by molar-refractivity contribution is 9.08. The molecule has 3 fully saturated rings. The molecule has 0 spiro atoms. The Balaban J connectivity index is 0.000000166. The number of alkyl halides is 10. The first-order valence-corrected chi connectivity index (χ1v) is 45.7. The molecular formula is C102H95BrF9N19O7. The summed E-state index contributed by atoms with van der Waals surface area (Å²) < 4.78 is 120. The van der Waals surface area contributed by atoms with Gasteiger partial charge in [-0.15, -0.1) is 5.10 Å². The molecule has 5 aromatic heterocycles. The first-order chi connectivity index (χ1) is 66.6. The Labute approximate surface area is 796 Å². The molecule has 710 valence electrons. The van der Waals surface area contributed by atoms with Crippen LogP contribution in [0.2, 0.25) is 0 Å². The number of anilines is 6. The van der Waals surface area contributed by atoms with Crippen molar-refractivity contribution in [3.05, 3.63) is 355 Å². The van der Waals surface area contributed by atoms with Gasteiger partial charge in [-0.1, -0.05) is 93.0 Å². The molecule has 16 rings (SSSR count). The summed E-state index contributed by atoms with van der Waals surface area (Å²) in [5.41, 5.74) is 19.6. The third-order valence-electron chi connectivity index (χ3n) is 23.1. The molecule has 13 aromatic rings. The minimum Gasteiger partial charge on any atom is -0.396 e. The Hall–Kier alpha value is -15.2. The Bertz CT molecular complexity index is 6570. The van der Waals surface area contributed by atoms with Crippen molar-refractivity contribution in [1.82, 2.24) is 50.9 Å². The molecule has 8 aromatic carbocycles. The quantitative estimate of drug-likeness (QED) is 0.00787. The molecule has 0 bridgehead atoms. The zero-order valence-electron chi connectivity index (χ0n) is 74.5. The maximum atomic E-state index is 13.6. The van der Waals surface area contributed by atoms with Gasteiger partial charge >= 0.3 is 18.5 Å². The fourth-order valence-corrected chi connectivity index (χ4v) is 16.3. The predicted molar refractivity (Wildman–Crippen MR) is 511 cm³/mol. The van der Waals surface area contributed by atoms with Crippen LogP contribution in [0.4, 0.5) is 73.6 Å². The first-order valence-electron chi connectivity index (χ1n) is 44.6. The zero-order chi connectivity index (χ0) is 97.3. The van der Waals surface area contributed by atoms with Gasteiger partial charge in [-0.25, -0.2) is 9.67 Å². The number of nitrogens with zero attached hydrogens (tertiary/aromatic N) is 13. The smallest absolute Gasteiger partial charge is 0.396 e. The van der Waals surface area contributed by atoms with Crippen LogP contribution in [0.15, 0.2) is 260 Å². The van der Waals surface area contributed by atoms with Gasteiger partial charge in [0.05, 0.1) is 75.3 Å². The van der Waals surface area contributed by atoms with E-state index < -0.39 is 58.8 Å². The van der Waals surface area contributed by atoms with Crippen LogP contribution in [0.25, 0.3) is 44.2 Å². The van der Waals surface area contributed by atoms with E-state index in [0.29, 0.717) is 113 Å². The van der Waals surface area contributed by atoms with Gasteiger partial charge in [0.2, 0.25) is 0 Å². The number of hydrogen-bond acceptors (Lipinski definition) is 17. The number of benzene rings is 8. The molecule has 0 aliphatic carbocycles. The lowest BCUT2D eigenvalue weighted by atomic mass is 10.0. The van der Waals surface area contributed by atoms with Crippen molar-refractivity contribution in [3.63, 3.8) is 0 Å². The van der Waals surface area contributed by atoms with Gasteiger partial charge in [0, 0.05) is 169 Å². The lowest BCUT2D eigenvalue weighted by Gasteiger charge is -2.29. The number of azide groups is 1. The van der Waals surface area contributed by atoms with Gasteiger partial charge in [0.15, 0.2) is 0 Å². The van der Waals surface area contributed by atoms with Gasteiger partial charge in [0.1, 0.15) is 5.69 Å². The molecule has 3 aliphatic rings. The Morgan fingerprint density at radius 1 is 0.399 bits per heavy atom. The van der Waals surface area contributed by atoms with E-state index in [1.165, 1.54) is 73.5 Å². The molecule has 0 radical (unpaired) electrons. The summed E-state index contributed by atoms with van der Waals surface area (Å²) in [7, 11) is 0. The standard InChI is InChI=1S/C36H35F3N8O3.C33H30BrF3N4O2.C33H30F3N7O2/c37-36(38,39)26-7-4-6-24(18-26)21-41-34(49)25-12-14-40-33(19-25)30-20-29(46-15-2-1-3-16-46)10-11-31(30)43-35(50)32-9-5-8-27(42-32)22-47-23-28(13-17-48)44-45-47;34-20-22-6-4-8-24(16-22)32(43)40-29-11-10-27(41-14-2-1-3-15-41)19-28(29)30-18-25(12-13-38-30)31(42)39-21-23-7-5-9-26(17-23)33(35,36)37;34-33(35,36)26-9-5-7-23(17-26)20-39-31(44)25-12-13-38-30(18-25)28-19-27(43-14-2-1-3-15-43)10-11-29(28)41-32(45)24-8-4-6-22(16-24)21-40-42-37/h4-12,14,18-20,23,48H,1-3,13,15-17,21-22H2,(H,41,49)(H,43,50);4-13,16-19H,1-3,14-15,20-21H2,(H,39,42)(H,40,43);4-13,16-19H,1-3,14-15,20-21H2,(H,39,44)(H,41,45). The third-order valence-corrected chi connectivity index (χ3v) is 23.7. The number of aromatic nitrogens is 7. The third kappa shape index (κ3) is 27.1. The summed E-state index contributed by atoms with van der Waals surface area (Å²) in [6.07, 6.45) is 3.09. The lowest BCUT2D eigenvalue weighted by molar-refractivity contribution is -0.138. The van der Waals surface area contributed by atoms with Crippen molar-refractivity contribution in [3.8, 4) is 33.8 Å². The second-order valence-corrected chi connectivity index (χ2v) is 33.5. The molecule has 0 atom stereocenters. The highest BCUT2D eigenvalue weighted by atomic mass is 79.9. The highest BCUT2D eigenvalue weighted by Gasteiger charge is 2.34. The van der Waals surface area contributed by atoms with Crippen LogP contribution in [0.5, 0.6) is 0 Å². The molecular weight excluding hydrogens is 1850 g/mol. The fraction of sp³-hybridized carbons (Fsp3) is 0.255. The van der Waals surface area contributed by atoms with E-state index in [1.807, 2.05) is 66.7 Å². The van der Waals surface area contributed by atoms with E-state index in [9.17, 15) is 68.3 Å². The van der Waals surface area contributed by atoms with E-state index >= 15 is 0 Å². The molecule has 36 heteroatoms. The van der Waals surface area contributed by atoms with Crippen molar-refractivity contribution < 1.29 is 73.4 Å². The fourth-order valence-electron chi connectivity index (χ4n) is 16.0. The van der Waals surface area contributed by atoms with Crippen LogP contribution in [0.3, 0.4) is 0 Å². The average molecular weight is 1950 g/mol. The molecule has 26 nitrogen and oxygen atoms in total. The molecule has 0 unspecified atom stereocenters. The van der Waals surface area contributed by atoms with Crippen molar-refractivity contribution in [1.29, 1.82) is 0 Å². The van der Waals surface area contributed by atoms with Gasteiger partial charge < -0.3 is 51.7 Å². The number of pyridine rings is 4. The van der Waals surface area contributed by atoms with Crippen LogP contribution < -0.4 is 46.6 Å². The first kappa shape index (κ1) is 98.8. The minimum absolute atomic E-state index is 0.0378. The zero-order valence-corrected chi connectivity index (χ0v) is 76.1. The molecule has 3 saturated heterocycles. The monoisotopic (exact) mass is 1950 g/mol. The van der Waals surface area contributed by atoms with Crippen molar-refractivity contribution in [2.75, 3.05) is 76.5 Å². The molecule has 138 heavy (non-hydrogen) atoms. The molecule has 0 saturated carbocycles. The largest absolute Gasteiger partial charge is 0.416 e. The molecule has 6 amide bonds. The van der Waals surface area contributed by atoms with E-state index in [4.69, 9.17) is 10.6 Å². The van der Waals surface area contributed by atoms with Gasteiger partial charge in [-0.2, -0.15) is 39.5 Å². The van der Waals surface area contributed by atoms with E-state index in [2.05, 4.69) is 103 Å². The second kappa shape index (κ2) is 46.4. The van der Waals surface area contributed by atoms with Crippen LogP contribution in [0, 0.1) is 0 Å². The number of amides is 6. The average Bonchev–Trinajstić information content (AvgIpc) is 0.845. The van der Waals surface area contributed by atoms with E-state index in [-0.39, 0.29) is 68.0 Å². The van der Waals surface area contributed by atoms with Crippen molar-refractivity contribution in [2.24, 2.45) is 5.11 Å². The number of rotatable bonds is 28. The molecule has 7 N–H and O–H groups in total. The number of aliphatic hydroxyl groups excluding tert-OH is 1. The summed E-state index contributed by atoms with van der Waals surface area (Å²) in [6, 6.07) is 60.2. The van der Waals surface area contributed by atoms with E-state index in [0.717, 1.165) is 150 Å². The summed E-state index contributed by atoms with van der Waals surface area (Å²) in [5, 5.41) is 38.4. The van der Waals surface area contributed by atoms with Gasteiger partial charge in [0.25, 0.3) is 35.4 Å². The van der Waals surface area contributed by atoms with Crippen LogP contribution in [0.1, 0.15) is 176 Å². The number of piperidine rings is 3. The Morgan fingerprint density at radius 3 is 1.14 bits per heavy atom. The molecule has 3 aliphatic heterocycles. The SMILES string of the molecule is O=C(NCc1cccc(C(F)(F)F)c1)c1ccnc(-c2cc(N3CCCCC3)ccc2NC(=O)c2cccc(CBr)c2)c1.O=C(NCc1cccc(C(F)(F)F)c1)c1ccnc(-c2cc(N3CCCCC3)ccc2NC(=O)c2cccc(Cn3cc(CCO)nn3)n2)c1.[N-]=[N+]=NCc1cccc(C(=O)Nc2ccc(N3CCCCC3)cc2-c2cc(C(=O)NCc3cccc(C(F)(F)F)c3)ccn2)c1. The minimum atomic E-state index is -4.49. The van der Waals surface area contributed by atoms with Crippen LogP contribution in [-0.4, -0.2) is 121 Å². The number of aliphatic hydroxyl groups is 1. The second-order valence-electron chi connectivity index (χ2n) is 32.9. The van der Waals surface area contributed by atoms with Crippen LogP contribution >= 0.6 is 15.9 Å². The van der Waals surface area contributed by atoms with Gasteiger partial charge in [-0.3, -0.25) is 43.7 Å².